The molecule has 0 rings (SSSR count). The average molecular weight is 1250 g/mol. The van der Waals surface area contributed by atoms with Crippen LogP contribution in [0.4, 0.5) is 0 Å². The summed E-state index contributed by atoms with van der Waals surface area (Å²) >= 11 is -30.1. The van der Waals surface area contributed by atoms with Gasteiger partial charge >= 0.3 is 318 Å². The number of hydrogen-bond acceptors (Lipinski definition) is 20. The van der Waals surface area contributed by atoms with Crippen molar-refractivity contribution < 1.29 is 221 Å². The van der Waals surface area contributed by atoms with E-state index in [9.17, 15) is 0 Å². The van der Waals surface area contributed by atoms with Gasteiger partial charge in [-0.05, 0) is 0 Å². The van der Waals surface area contributed by atoms with Crippen LogP contribution in [-0.4, -0.2) is 97.8 Å². The summed E-state index contributed by atoms with van der Waals surface area (Å²) in [7, 11) is 0. The molecule has 0 spiro atoms. The van der Waals surface area contributed by atoms with E-state index in [1.165, 1.54) is 0 Å². The SMILES string of the molecule is [Ba+2].[Ba+2].[O]=[Mo](=[O])([O-])[O-].[O]=[Mo](=[O])([O-])[O-].[O]=[Mo](=[O])([O-])[O-].[O]=[Mo](=[O])([O-])[O-].[O]=[Mo](=[O])([O-])[O-].[Y+3].[Y+3]. The zero-order valence-electron chi connectivity index (χ0n) is 12.8. The van der Waals surface area contributed by atoms with Crippen molar-refractivity contribution in [2.24, 2.45) is 0 Å². The molecule has 0 radical (unpaired) electrons. The minimum atomic E-state index is -6.02. The van der Waals surface area contributed by atoms with Gasteiger partial charge in [-0.25, -0.2) is 0 Å². The summed E-state index contributed by atoms with van der Waals surface area (Å²) in [5.41, 5.74) is 0. The van der Waals surface area contributed by atoms with Gasteiger partial charge in [0.1, 0.15) is 0 Å². The van der Waals surface area contributed by atoms with E-state index >= 15 is 0 Å². The molecule has 0 aliphatic carbocycles. The Kier molecular flexibility index (Phi) is 60.0. The Hall–Kier alpha value is 6.39. The molecule has 0 N–H and O–H groups in total. The Bertz CT molecular complexity index is 629. The van der Waals surface area contributed by atoms with Crippen LogP contribution >= 0.6 is 0 Å². The molecule has 0 saturated carbocycles. The van der Waals surface area contributed by atoms with Gasteiger partial charge in [0, 0.05) is 0 Å². The summed E-state index contributed by atoms with van der Waals surface area (Å²) in [6.07, 6.45) is 0. The molecular weight excluding hydrogens is 1250 g/mol. The van der Waals surface area contributed by atoms with Crippen molar-refractivity contribution in [1.82, 2.24) is 0 Å². The third-order valence-corrected chi connectivity index (χ3v) is 0. The summed E-state index contributed by atoms with van der Waals surface area (Å²) in [6, 6.07) is 0. The van der Waals surface area contributed by atoms with Gasteiger partial charge < -0.3 is 0 Å². The fourth-order valence-electron chi connectivity index (χ4n) is 0. The quantitative estimate of drug-likeness (QED) is 0.203. The molecule has 0 aliphatic rings. The smallest absolute Gasteiger partial charge is 3.00 e. The van der Waals surface area contributed by atoms with Crippen LogP contribution in [0.2, 0.25) is 0 Å². The van der Waals surface area contributed by atoms with Crippen molar-refractivity contribution in [1.29, 1.82) is 0 Å². The molecule has 0 heterocycles. The molecule has 0 bridgehead atoms. The van der Waals surface area contributed by atoms with E-state index in [1.807, 2.05) is 0 Å². The van der Waals surface area contributed by atoms with Gasteiger partial charge in [-0.2, -0.15) is 0 Å². The van der Waals surface area contributed by atoms with Crippen molar-refractivity contribution in [2.75, 3.05) is 0 Å². The maximum atomic E-state index is 8.63. The molecule has 20 nitrogen and oxygen atoms in total. The molecule has 0 aliphatic heterocycles. The van der Waals surface area contributed by atoms with Gasteiger partial charge in [-0.1, -0.05) is 0 Å². The molecule has 0 fully saturated rings. The van der Waals surface area contributed by atoms with Crippen molar-refractivity contribution in [3.63, 3.8) is 0 Å². The monoisotopic (exact) mass is 1260 g/mol. The first-order valence-electron chi connectivity index (χ1n) is 3.33. The fraction of sp³-hybridized carbons (Fsp3) is 0. The van der Waals surface area contributed by atoms with Crippen LogP contribution in [0.15, 0.2) is 0 Å². The number of rotatable bonds is 0. The van der Waals surface area contributed by atoms with Crippen molar-refractivity contribution in [2.45, 2.75) is 0 Å². The molecule has 0 saturated heterocycles. The van der Waals surface area contributed by atoms with E-state index < -0.39 is 83.7 Å². The van der Waals surface area contributed by atoms with Crippen LogP contribution in [-0.2, 0) is 183 Å². The summed E-state index contributed by atoms with van der Waals surface area (Å²) < 4.78 is 173. The summed E-state index contributed by atoms with van der Waals surface area (Å²) in [4.78, 5) is 0. The standard InChI is InChI=1S/2Ba.5Mo.20O.2Y/q2*+2;;;;;;;;;;;;;;;;10*-1;2*+3. The molecule has 0 atom stereocenters. The predicted molar refractivity (Wildman–Crippen MR) is 18.4 cm³/mol. The summed E-state index contributed by atoms with van der Waals surface area (Å²) in [5, 5.41) is 0. The predicted octanol–water partition coefficient (Wildman–Crippen LogP) is -13.9. The second-order valence-electron chi connectivity index (χ2n) is 2.04. The molecule has 0 aromatic rings. The van der Waals surface area contributed by atoms with Crippen LogP contribution in [0.3, 0.4) is 0 Å². The molecule has 0 amide bonds. The Morgan fingerprint density at radius 3 is 0.276 bits per heavy atom. The van der Waals surface area contributed by atoms with Crippen molar-refractivity contribution in [3.05, 3.63) is 0 Å². The Balaban J connectivity index is -0.0000000238. The largest absolute Gasteiger partial charge is 3.00 e. The second-order valence-corrected chi connectivity index (χ2v) is 12.1. The van der Waals surface area contributed by atoms with Gasteiger partial charge in [-0.15, -0.1) is 0 Å². The fourth-order valence-corrected chi connectivity index (χ4v) is 0. The topological polar surface area (TPSA) is 401 Å². The molecule has 0 aromatic carbocycles. The van der Waals surface area contributed by atoms with Crippen LogP contribution in [0.25, 0.3) is 0 Å². The normalized spacial score (nSPS) is 10.0. The first-order chi connectivity index (χ1) is 10.0. The van der Waals surface area contributed by atoms with Gasteiger partial charge in [0.2, 0.25) is 0 Å². The van der Waals surface area contributed by atoms with E-state index in [1.54, 1.807) is 0 Å². The first-order valence-corrected chi connectivity index (χ1v) is 19.7. The Morgan fingerprint density at radius 2 is 0.276 bits per heavy atom. The van der Waals surface area contributed by atoms with Gasteiger partial charge in [-0.3, -0.25) is 0 Å². The van der Waals surface area contributed by atoms with Crippen molar-refractivity contribution >= 4 is 97.8 Å². The number of hydrogen-bond donors (Lipinski definition) is 0. The molecule has 0 unspecified atom stereocenters. The van der Waals surface area contributed by atoms with E-state index in [0.717, 1.165) is 0 Å². The zero-order valence-corrected chi connectivity index (χ0v) is 37.4. The van der Waals surface area contributed by atoms with Crippen LogP contribution in [0, 0.1) is 0 Å². The maximum Gasteiger partial charge on any atom is 3.00 e. The molecular formula is Ba2Mo5O20Y2. The minimum absolute atomic E-state index is 0. The third-order valence-electron chi connectivity index (χ3n) is 0. The van der Waals surface area contributed by atoms with Crippen LogP contribution in [0.1, 0.15) is 0 Å². The third kappa shape index (κ3) is 883. The van der Waals surface area contributed by atoms with E-state index in [-0.39, 0.29) is 163 Å². The van der Waals surface area contributed by atoms with Crippen LogP contribution < -0.4 is 37.6 Å². The minimum Gasteiger partial charge on any atom is 3.00 e. The second kappa shape index (κ2) is 29.0. The zero-order chi connectivity index (χ0) is 22.5. The van der Waals surface area contributed by atoms with Crippen LogP contribution in [0.5, 0.6) is 0 Å². The first kappa shape index (κ1) is 60.1. The summed E-state index contributed by atoms with van der Waals surface area (Å²) in [5.74, 6) is 0. The van der Waals surface area contributed by atoms with Gasteiger partial charge in [0.05, 0.1) is 0 Å². The molecule has 29 heteroatoms. The van der Waals surface area contributed by atoms with E-state index in [0.29, 0.717) is 0 Å². The molecule has 160 valence electrons. The molecule has 0 aromatic heterocycles. The van der Waals surface area contributed by atoms with Gasteiger partial charge in [0.15, 0.2) is 0 Å². The van der Waals surface area contributed by atoms with E-state index in [4.69, 9.17) is 71.6 Å². The average Bonchev–Trinajstić information content (AvgIpc) is 1.79. The Labute approximate surface area is 309 Å². The molecule has 29 heavy (non-hydrogen) atoms. The van der Waals surface area contributed by atoms with Crippen molar-refractivity contribution in [3.8, 4) is 0 Å². The van der Waals surface area contributed by atoms with E-state index in [2.05, 4.69) is 0 Å². The van der Waals surface area contributed by atoms with Gasteiger partial charge in [0.25, 0.3) is 0 Å². The summed E-state index contributed by atoms with van der Waals surface area (Å²) in [6.45, 7) is 0. The maximum absolute atomic E-state index is 8.63. The Morgan fingerprint density at radius 1 is 0.276 bits per heavy atom.